The van der Waals surface area contributed by atoms with E-state index in [1.165, 1.54) is 12.0 Å². The fourth-order valence-corrected chi connectivity index (χ4v) is 3.71. The summed E-state index contributed by atoms with van der Waals surface area (Å²) in [5.41, 5.74) is 2.29. The van der Waals surface area contributed by atoms with Crippen LogP contribution in [0.25, 0.3) is 0 Å². The number of carbonyl (C=O) groups excluding carboxylic acids is 1. The zero-order valence-corrected chi connectivity index (χ0v) is 18.3. The molecular weight excluding hydrogens is 322 g/mol. The van der Waals surface area contributed by atoms with Gasteiger partial charge in [-0.15, -0.1) is 0 Å². The van der Waals surface area contributed by atoms with Crippen molar-refractivity contribution in [1.29, 1.82) is 0 Å². The van der Waals surface area contributed by atoms with Gasteiger partial charge in [-0.2, -0.15) is 0 Å². The lowest BCUT2D eigenvalue weighted by Crippen LogP contribution is -2.41. The summed E-state index contributed by atoms with van der Waals surface area (Å²) >= 11 is 0. The van der Waals surface area contributed by atoms with Crippen molar-refractivity contribution in [2.24, 2.45) is 23.2 Å². The summed E-state index contributed by atoms with van der Waals surface area (Å²) < 4.78 is 5.32. The first kappa shape index (κ1) is 23.0. The van der Waals surface area contributed by atoms with E-state index in [2.05, 4.69) is 65.9 Å². The number of rotatable bonds is 10. The molecule has 0 fully saturated rings. The minimum absolute atomic E-state index is 0.0610. The SMILES string of the molecule is COCC(CC(C)C)NC(=O)C1=C(CCCC(C)C)[C@H](C)C(C)(C)C=C1. The fourth-order valence-electron chi connectivity index (χ4n) is 3.71. The van der Waals surface area contributed by atoms with Crippen LogP contribution < -0.4 is 5.32 Å². The third-order valence-corrected chi connectivity index (χ3v) is 5.60. The monoisotopic (exact) mass is 363 g/mol. The van der Waals surface area contributed by atoms with E-state index in [0.717, 1.165) is 24.8 Å². The van der Waals surface area contributed by atoms with E-state index in [-0.39, 0.29) is 17.4 Å². The van der Waals surface area contributed by atoms with Crippen LogP contribution in [-0.2, 0) is 9.53 Å². The Bertz CT molecular complexity index is 514. The Morgan fingerprint density at radius 3 is 2.42 bits per heavy atom. The molecule has 0 aliphatic heterocycles. The average Bonchev–Trinajstić information content (AvgIpc) is 2.50. The second-order valence-corrected chi connectivity index (χ2v) is 9.36. The van der Waals surface area contributed by atoms with Crippen LogP contribution in [0.1, 0.15) is 74.1 Å². The van der Waals surface area contributed by atoms with Gasteiger partial charge in [0.2, 0.25) is 0 Å². The molecular formula is C23H41NO2. The Labute approximate surface area is 161 Å². The lowest BCUT2D eigenvalue weighted by atomic mass is 9.69. The molecule has 1 aliphatic carbocycles. The van der Waals surface area contributed by atoms with Crippen LogP contribution in [0.3, 0.4) is 0 Å². The highest BCUT2D eigenvalue weighted by atomic mass is 16.5. The van der Waals surface area contributed by atoms with E-state index in [0.29, 0.717) is 24.4 Å². The molecule has 1 rings (SSSR count). The number of hydrogen-bond acceptors (Lipinski definition) is 2. The van der Waals surface area contributed by atoms with Crippen LogP contribution in [0.4, 0.5) is 0 Å². The van der Waals surface area contributed by atoms with Gasteiger partial charge in [-0.3, -0.25) is 4.79 Å². The van der Waals surface area contributed by atoms with Gasteiger partial charge >= 0.3 is 0 Å². The first-order valence-corrected chi connectivity index (χ1v) is 10.3. The summed E-state index contributed by atoms with van der Waals surface area (Å²) in [5.74, 6) is 1.67. The van der Waals surface area contributed by atoms with Crippen LogP contribution in [0.5, 0.6) is 0 Å². The van der Waals surface area contributed by atoms with Gasteiger partial charge in [0.25, 0.3) is 5.91 Å². The fraction of sp³-hybridized carbons (Fsp3) is 0.783. The van der Waals surface area contributed by atoms with Crippen molar-refractivity contribution < 1.29 is 9.53 Å². The lowest BCUT2D eigenvalue weighted by Gasteiger charge is -2.36. The number of ether oxygens (including phenoxy) is 1. The minimum Gasteiger partial charge on any atom is -0.383 e. The Morgan fingerprint density at radius 2 is 1.88 bits per heavy atom. The molecule has 0 saturated heterocycles. The molecule has 3 nitrogen and oxygen atoms in total. The van der Waals surface area contributed by atoms with Crippen molar-refractivity contribution in [1.82, 2.24) is 5.32 Å². The van der Waals surface area contributed by atoms with Crippen LogP contribution >= 0.6 is 0 Å². The normalized spacial score (nSPS) is 20.8. The quantitative estimate of drug-likeness (QED) is 0.555. The second-order valence-electron chi connectivity index (χ2n) is 9.36. The Hall–Kier alpha value is -1.09. The smallest absolute Gasteiger partial charge is 0.251 e. The zero-order chi connectivity index (χ0) is 19.9. The molecule has 150 valence electrons. The predicted octanol–water partition coefficient (Wildman–Crippen LogP) is 5.52. The molecule has 0 saturated carbocycles. The summed E-state index contributed by atoms with van der Waals surface area (Å²) in [6.45, 7) is 16.2. The Kier molecular flexibility index (Phi) is 9.09. The molecule has 0 aromatic carbocycles. The Morgan fingerprint density at radius 1 is 1.23 bits per heavy atom. The molecule has 0 aromatic rings. The molecule has 0 bridgehead atoms. The van der Waals surface area contributed by atoms with E-state index in [1.807, 2.05) is 0 Å². The summed E-state index contributed by atoms with van der Waals surface area (Å²) in [6.07, 6.45) is 8.54. The topological polar surface area (TPSA) is 38.3 Å². The Balaban J connectivity index is 2.99. The van der Waals surface area contributed by atoms with Crippen molar-refractivity contribution >= 4 is 5.91 Å². The summed E-state index contributed by atoms with van der Waals surface area (Å²) in [6, 6.07) is 0.0653. The summed E-state index contributed by atoms with van der Waals surface area (Å²) in [4.78, 5) is 13.1. The maximum atomic E-state index is 13.1. The average molecular weight is 364 g/mol. The third kappa shape index (κ3) is 6.90. The molecule has 1 N–H and O–H groups in total. The minimum atomic E-state index is 0.0610. The number of methoxy groups -OCH3 is 1. The van der Waals surface area contributed by atoms with Gasteiger partial charge in [-0.25, -0.2) is 0 Å². The molecule has 1 aliphatic rings. The highest BCUT2D eigenvalue weighted by Crippen LogP contribution is 2.41. The van der Waals surface area contributed by atoms with E-state index in [9.17, 15) is 4.79 Å². The molecule has 0 radical (unpaired) electrons. The molecule has 26 heavy (non-hydrogen) atoms. The number of nitrogens with one attached hydrogen (secondary N) is 1. The standard InChI is InChI=1S/C23H41NO2/c1-16(2)10-9-11-20-18(5)23(6,7)13-12-21(20)22(25)24-19(15-26-8)14-17(3)4/h12-13,16-19H,9-11,14-15H2,1-8H3,(H,24,25)/t18-,19?/m0/s1. The van der Waals surface area contributed by atoms with Crippen molar-refractivity contribution in [2.45, 2.75) is 80.2 Å². The van der Waals surface area contributed by atoms with Gasteiger partial charge < -0.3 is 10.1 Å². The summed E-state index contributed by atoms with van der Waals surface area (Å²) in [5, 5.41) is 3.22. The maximum Gasteiger partial charge on any atom is 0.251 e. The van der Waals surface area contributed by atoms with E-state index in [4.69, 9.17) is 4.74 Å². The van der Waals surface area contributed by atoms with Crippen molar-refractivity contribution in [3.63, 3.8) is 0 Å². The highest BCUT2D eigenvalue weighted by molar-refractivity contribution is 5.97. The van der Waals surface area contributed by atoms with Crippen LogP contribution in [0.15, 0.2) is 23.3 Å². The van der Waals surface area contributed by atoms with E-state index < -0.39 is 0 Å². The van der Waals surface area contributed by atoms with Crippen LogP contribution in [0.2, 0.25) is 0 Å². The molecule has 1 unspecified atom stereocenters. The maximum absolute atomic E-state index is 13.1. The molecule has 0 heterocycles. The van der Waals surface area contributed by atoms with Crippen molar-refractivity contribution in [2.75, 3.05) is 13.7 Å². The molecule has 1 amide bonds. The van der Waals surface area contributed by atoms with Gasteiger partial charge in [-0.05, 0) is 42.4 Å². The van der Waals surface area contributed by atoms with Gasteiger partial charge in [0.1, 0.15) is 0 Å². The zero-order valence-electron chi connectivity index (χ0n) is 18.3. The lowest BCUT2D eigenvalue weighted by molar-refractivity contribution is -0.118. The molecule has 2 atom stereocenters. The number of hydrogen-bond donors (Lipinski definition) is 1. The first-order valence-electron chi connectivity index (χ1n) is 10.3. The summed E-state index contributed by atoms with van der Waals surface area (Å²) in [7, 11) is 1.70. The van der Waals surface area contributed by atoms with E-state index in [1.54, 1.807) is 7.11 Å². The van der Waals surface area contributed by atoms with Crippen LogP contribution in [0, 0.1) is 23.2 Å². The third-order valence-electron chi connectivity index (χ3n) is 5.60. The first-order chi connectivity index (χ1) is 12.1. The van der Waals surface area contributed by atoms with E-state index >= 15 is 0 Å². The molecule has 3 heteroatoms. The van der Waals surface area contributed by atoms with Gasteiger partial charge in [0, 0.05) is 12.7 Å². The van der Waals surface area contributed by atoms with Gasteiger partial charge in [0.15, 0.2) is 0 Å². The van der Waals surface area contributed by atoms with Gasteiger partial charge in [0.05, 0.1) is 12.6 Å². The van der Waals surface area contributed by atoms with Crippen LogP contribution in [-0.4, -0.2) is 25.7 Å². The second kappa shape index (κ2) is 10.3. The number of amides is 1. The van der Waals surface area contributed by atoms with Gasteiger partial charge in [-0.1, -0.05) is 72.6 Å². The predicted molar refractivity (Wildman–Crippen MR) is 111 cm³/mol. The number of allylic oxidation sites excluding steroid dienone is 2. The largest absolute Gasteiger partial charge is 0.383 e. The molecule has 0 aromatic heterocycles. The molecule has 0 spiro atoms. The highest BCUT2D eigenvalue weighted by Gasteiger charge is 2.32. The van der Waals surface area contributed by atoms with Crippen molar-refractivity contribution in [3.8, 4) is 0 Å². The number of carbonyl (C=O) groups is 1. The van der Waals surface area contributed by atoms with Crippen molar-refractivity contribution in [3.05, 3.63) is 23.3 Å².